The van der Waals surface area contributed by atoms with Crippen molar-refractivity contribution in [2.75, 3.05) is 20.3 Å². The SMILES string of the molecule is C#CCN1C=CN(C)C1.O=S(=O)(O)C(F)(F)F. The zero-order valence-electron chi connectivity index (χ0n) is 8.85. The summed E-state index contributed by atoms with van der Waals surface area (Å²) in [6, 6.07) is 0. The molecule has 9 heteroatoms. The summed E-state index contributed by atoms with van der Waals surface area (Å²) in [6.07, 6.45) is 9.12. The van der Waals surface area contributed by atoms with Crippen LogP contribution in [0.3, 0.4) is 0 Å². The number of hydrogen-bond acceptors (Lipinski definition) is 4. The molecular formula is C8H11F3N2O3S. The van der Waals surface area contributed by atoms with E-state index in [1.165, 1.54) is 0 Å². The Kier molecular flexibility index (Phi) is 5.31. The van der Waals surface area contributed by atoms with Crippen molar-refractivity contribution in [3.63, 3.8) is 0 Å². The molecule has 0 saturated carbocycles. The average Bonchev–Trinajstić information content (AvgIpc) is 2.49. The summed E-state index contributed by atoms with van der Waals surface area (Å²) in [5, 5.41) is 0. The Morgan fingerprint density at radius 2 is 1.94 bits per heavy atom. The summed E-state index contributed by atoms with van der Waals surface area (Å²) in [4.78, 5) is 4.15. The predicted molar refractivity (Wildman–Crippen MR) is 54.9 cm³/mol. The molecule has 0 aromatic rings. The van der Waals surface area contributed by atoms with Gasteiger partial charge in [0.2, 0.25) is 0 Å². The molecule has 0 amide bonds. The van der Waals surface area contributed by atoms with Crippen LogP contribution in [0.25, 0.3) is 0 Å². The lowest BCUT2D eigenvalue weighted by atomic mass is 10.6. The molecule has 1 N–H and O–H groups in total. The van der Waals surface area contributed by atoms with E-state index >= 15 is 0 Å². The summed E-state index contributed by atoms with van der Waals surface area (Å²) in [7, 11) is -3.82. The highest BCUT2D eigenvalue weighted by molar-refractivity contribution is 7.86. The van der Waals surface area contributed by atoms with Crippen molar-refractivity contribution < 1.29 is 26.1 Å². The van der Waals surface area contributed by atoms with Gasteiger partial charge in [-0.3, -0.25) is 4.55 Å². The Morgan fingerprint density at radius 3 is 2.18 bits per heavy atom. The summed E-state index contributed by atoms with van der Waals surface area (Å²) < 4.78 is 57.5. The van der Waals surface area contributed by atoms with E-state index in [1.54, 1.807) is 0 Å². The summed E-state index contributed by atoms with van der Waals surface area (Å²) in [5.74, 6) is 2.58. The van der Waals surface area contributed by atoms with Crippen molar-refractivity contribution in [3.8, 4) is 12.3 Å². The van der Waals surface area contributed by atoms with Gasteiger partial charge in [-0.1, -0.05) is 5.92 Å². The number of alkyl halides is 3. The zero-order valence-corrected chi connectivity index (χ0v) is 9.66. The maximum atomic E-state index is 10.7. The van der Waals surface area contributed by atoms with E-state index in [-0.39, 0.29) is 0 Å². The van der Waals surface area contributed by atoms with Crippen LogP contribution in [0.2, 0.25) is 0 Å². The van der Waals surface area contributed by atoms with Crippen LogP contribution in [-0.2, 0) is 10.1 Å². The fourth-order valence-electron chi connectivity index (χ4n) is 0.809. The Labute approximate surface area is 97.2 Å². The first-order valence-corrected chi connectivity index (χ1v) is 5.61. The largest absolute Gasteiger partial charge is 0.522 e. The van der Waals surface area contributed by atoms with Crippen molar-refractivity contribution >= 4 is 10.1 Å². The molecule has 0 fully saturated rings. The highest BCUT2D eigenvalue weighted by Crippen LogP contribution is 2.20. The minimum absolute atomic E-state index is 0.709. The van der Waals surface area contributed by atoms with Gasteiger partial charge >= 0.3 is 15.6 Å². The van der Waals surface area contributed by atoms with Gasteiger partial charge in [0.15, 0.2) is 0 Å². The normalized spacial score (nSPS) is 15.3. The number of hydrogen-bond donors (Lipinski definition) is 1. The number of nitrogens with zero attached hydrogens (tertiary/aromatic N) is 2. The van der Waals surface area contributed by atoms with Crippen LogP contribution in [0.5, 0.6) is 0 Å². The van der Waals surface area contributed by atoms with Gasteiger partial charge in [0.1, 0.15) is 0 Å². The topological polar surface area (TPSA) is 60.9 Å². The monoisotopic (exact) mass is 272 g/mol. The average molecular weight is 272 g/mol. The molecule has 0 saturated heterocycles. The van der Waals surface area contributed by atoms with E-state index in [0.717, 1.165) is 6.67 Å². The van der Waals surface area contributed by atoms with Crippen molar-refractivity contribution in [2.45, 2.75) is 5.51 Å². The van der Waals surface area contributed by atoms with Gasteiger partial charge in [0.05, 0.1) is 13.2 Å². The highest BCUT2D eigenvalue weighted by Gasteiger charge is 2.44. The second kappa shape index (κ2) is 5.79. The molecule has 0 aromatic carbocycles. The first-order chi connectivity index (χ1) is 7.58. The van der Waals surface area contributed by atoms with E-state index in [1.807, 2.05) is 19.4 Å². The molecule has 0 aromatic heterocycles. The summed E-state index contributed by atoms with van der Waals surface area (Å²) in [5.41, 5.74) is -5.53. The van der Waals surface area contributed by atoms with E-state index in [2.05, 4.69) is 15.7 Å². The van der Waals surface area contributed by atoms with Gasteiger partial charge in [0.25, 0.3) is 0 Å². The van der Waals surface area contributed by atoms with E-state index in [9.17, 15) is 13.2 Å². The quantitative estimate of drug-likeness (QED) is 0.432. The number of rotatable bonds is 1. The second-order valence-corrected chi connectivity index (χ2v) is 4.48. The van der Waals surface area contributed by atoms with Crippen LogP contribution in [0.4, 0.5) is 13.2 Å². The summed E-state index contributed by atoms with van der Waals surface area (Å²) in [6.45, 7) is 1.63. The second-order valence-electron chi connectivity index (χ2n) is 3.07. The van der Waals surface area contributed by atoms with E-state index < -0.39 is 15.6 Å². The van der Waals surface area contributed by atoms with Gasteiger partial charge in [-0.05, 0) is 0 Å². The van der Waals surface area contributed by atoms with Crippen molar-refractivity contribution in [1.82, 2.24) is 9.80 Å². The first-order valence-electron chi connectivity index (χ1n) is 4.17. The highest BCUT2D eigenvalue weighted by atomic mass is 32.2. The van der Waals surface area contributed by atoms with Gasteiger partial charge in [-0.2, -0.15) is 21.6 Å². The van der Waals surface area contributed by atoms with Crippen LogP contribution in [0.1, 0.15) is 0 Å². The van der Waals surface area contributed by atoms with Crippen molar-refractivity contribution in [3.05, 3.63) is 12.4 Å². The van der Waals surface area contributed by atoms with Crippen LogP contribution in [0.15, 0.2) is 12.4 Å². The lowest BCUT2D eigenvalue weighted by Gasteiger charge is -2.14. The molecule has 17 heavy (non-hydrogen) atoms. The lowest BCUT2D eigenvalue weighted by molar-refractivity contribution is -0.0510. The molecule has 0 radical (unpaired) electrons. The molecule has 0 spiro atoms. The van der Waals surface area contributed by atoms with Gasteiger partial charge < -0.3 is 9.80 Å². The zero-order chi connectivity index (χ0) is 13.7. The maximum absolute atomic E-state index is 10.7. The third-order valence-electron chi connectivity index (χ3n) is 1.52. The van der Waals surface area contributed by atoms with E-state index in [4.69, 9.17) is 19.4 Å². The molecule has 0 bridgehead atoms. The molecular weight excluding hydrogens is 261 g/mol. The van der Waals surface area contributed by atoms with E-state index in [0.29, 0.717) is 6.54 Å². The molecule has 98 valence electrons. The molecule has 5 nitrogen and oxygen atoms in total. The minimum atomic E-state index is -5.84. The predicted octanol–water partition coefficient (Wildman–Crippen LogP) is 0.690. The lowest BCUT2D eigenvalue weighted by Crippen LogP contribution is -2.22. The third-order valence-corrected chi connectivity index (χ3v) is 2.11. The van der Waals surface area contributed by atoms with Crippen LogP contribution < -0.4 is 0 Å². The number of halogens is 3. The molecule has 1 heterocycles. The van der Waals surface area contributed by atoms with Gasteiger partial charge in [-0.25, -0.2) is 0 Å². The fraction of sp³-hybridized carbons (Fsp3) is 0.500. The molecule has 0 atom stereocenters. The standard InChI is InChI=1S/C7H10N2.CHF3O3S/c1-3-4-9-6-5-8(2)7-9;2-1(3,4)8(5,6)7/h1,5-6H,4,7H2,2H3;(H,5,6,7). The minimum Gasteiger partial charge on any atom is -0.362 e. The van der Waals surface area contributed by atoms with Crippen LogP contribution >= 0.6 is 0 Å². The molecule has 1 aliphatic heterocycles. The number of terminal acetylenes is 1. The van der Waals surface area contributed by atoms with Crippen molar-refractivity contribution in [2.24, 2.45) is 0 Å². The fourth-order valence-corrected chi connectivity index (χ4v) is 0.809. The molecule has 1 aliphatic rings. The van der Waals surface area contributed by atoms with Crippen molar-refractivity contribution in [1.29, 1.82) is 0 Å². The Balaban J connectivity index is 0.000000304. The smallest absolute Gasteiger partial charge is 0.362 e. The molecule has 0 aliphatic carbocycles. The Morgan fingerprint density at radius 1 is 1.47 bits per heavy atom. The first kappa shape index (κ1) is 15.6. The van der Waals surface area contributed by atoms with Crippen LogP contribution in [0, 0.1) is 12.3 Å². The van der Waals surface area contributed by atoms with Crippen LogP contribution in [-0.4, -0.2) is 48.5 Å². The molecule has 0 unspecified atom stereocenters. The van der Waals surface area contributed by atoms with Gasteiger partial charge in [0, 0.05) is 19.4 Å². The third kappa shape index (κ3) is 6.03. The maximum Gasteiger partial charge on any atom is 0.522 e. The van der Waals surface area contributed by atoms with Gasteiger partial charge in [-0.15, -0.1) is 6.42 Å². The Bertz CT molecular complexity index is 411. The summed E-state index contributed by atoms with van der Waals surface area (Å²) >= 11 is 0. The Hall–Kier alpha value is -1.40. The molecule has 1 rings (SSSR count).